The molecule has 1 saturated carbocycles. The number of methoxy groups -OCH3 is 1. The predicted octanol–water partition coefficient (Wildman–Crippen LogP) is 5.36. The number of aliphatic carboxylic acids is 1. The van der Waals surface area contributed by atoms with Gasteiger partial charge in [0.1, 0.15) is 11.4 Å². The fourth-order valence-electron chi connectivity index (χ4n) is 4.68. The first-order valence-corrected chi connectivity index (χ1v) is 10.5. The lowest BCUT2D eigenvalue weighted by Crippen LogP contribution is -2.34. The first kappa shape index (κ1) is 21.1. The van der Waals surface area contributed by atoms with Crippen molar-refractivity contribution in [2.75, 3.05) is 13.7 Å². The second-order valence-electron chi connectivity index (χ2n) is 8.70. The maximum Gasteiger partial charge on any atom is 0.307 e. The lowest BCUT2D eigenvalue weighted by atomic mass is 9.80. The first-order chi connectivity index (χ1) is 14.9. The molecule has 160 valence electrons. The Bertz CT molecular complexity index is 986. The van der Waals surface area contributed by atoms with Crippen LogP contribution in [0.4, 0.5) is 0 Å². The normalized spacial score (nSPS) is 19.6. The maximum atomic E-state index is 11.7. The van der Waals surface area contributed by atoms with Gasteiger partial charge in [-0.15, -0.1) is 0 Å². The Balaban J connectivity index is 1.83. The third-order valence-corrected chi connectivity index (χ3v) is 6.65. The van der Waals surface area contributed by atoms with Gasteiger partial charge in [0.05, 0.1) is 19.6 Å². The van der Waals surface area contributed by atoms with Crippen molar-refractivity contribution in [1.82, 2.24) is 0 Å². The van der Waals surface area contributed by atoms with Gasteiger partial charge in [-0.3, -0.25) is 4.79 Å². The van der Waals surface area contributed by atoms with Crippen molar-refractivity contribution < 1.29 is 19.4 Å². The molecule has 0 saturated heterocycles. The summed E-state index contributed by atoms with van der Waals surface area (Å²) in [5.74, 6) is -0.427. The SMILES string of the molecule is COc1ccc(C(OCC2C(C(=O)O)C2(C)C)(c2ccccc2)c2ccccc2)cc1. The smallest absolute Gasteiger partial charge is 0.307 e. The van der Waals surface area contributed by atoms with E-state index in [-0.39, 0.29) is 11.3 Å². The van der Waals surface area contributed by atoms with Crippen LogP contribution in [0.1, 0.15) is 30.5 Å². The first-order valence-electron chi connectivity index (χ1n) is 10.5. The van der Waals surface area contributed by atoms with Crippen LogP contribution >= 0.6 is 0 Å². The van der Waals surface area contributed by atoms with Gasteiger partial charge in [0.2, 0.25) is 0 Å². The van der Waals surface area contributed by atoms with E-state index in [2.05, 4.69) is 24.3 Å². The highest BCUT2D eigenvalue weighted by Gasteiger charge is 2.62. The summed E-state index contributed by atoms with van der Waals surface area (Å²) in [6.07, 6.45) is 0. The molecule has 4 nitrogen and oxygen atoms in total. The minimum Gasteiger partial charge on any atom is -0.497 e. The third-order valence-electron chi connectivity index (χ3n) is 6.65. The second-order valence-corrected chi connectivity index (χ2v) is 8.70. The Morgan fingerprint density at radius 2 is 1.35 bits per heavy atom. The zero-order valence-electron chi connectivity index (χ0n) is 18.1. The summed E-state index contributed by atoms with van der Waals surface area (Å²) >= 11 is 0. The topological polar surface area (TPSA) is 55.8 Å². The molecule has 1 aliphatic carbocycles. The predicted molar refractivity (Wildman–Crippen MR) is 120 cm³/mol. The monoisotopic (exact) mass is 416 g/mol. The Hall–Kier alpha value is -3.11. The number of hydrogen-bond donors (Lipinski definition) is 1. The number of carboxylic acids is 1. The van der Waals surface area contributed by atoms with Crippen molar-refractivity contribution in [2.24, 2.45) is 17.3 Å². The summed E-state index contributed by atoms with van der Waals surface area (Å²) in [6, 6.07) is 28.1. The number of hydrogen-bond acceptors (Lipinski definition) is 3. The average molecular weight is 417 g/mol. The van der Waals surface area contributed by atoms with Gasteiger partial charge in [0, 0.05) is 5.92 Å². The van der Waals surface area contributed by atoms with E-state index in [9.17, 15) is 9.90 Å². The molecule has 0 aromatic heterocycles. The molecule has 0 radical (unpaired) electrons. The molecule has 0 bridgehead atoms. The number of benzene rings is 3. The van der Waals surface area contributed by atoms with Gasteiger partial charge in [-0.25, -0.2) is 0 Å². The van der Waals surface area contributed by atoms with Gasteiger partial charge in [0.15, 0.2) is 0 Å². The molecule has 2 unspecified atom stereocenters. The van der Waals surface area contributed by atoms with Crippen LogP contribution in [0.2, 0.25) is 0 Å². The van der Waals surface area contributed by atoms with Crippen molar-refractivity contribution in [3.8, 4) is 5.75 Å². The van der Waals surface area contributed by atoms with E-state index in [1.165, 1.54) is 0 Å². The van der Waals surface area contributed by atoms with Crippen LogP contribution in [0.5, 0.6) is 5.75 Å². The number of carbonyl (C=O) groups is 1. The molecule has 0 aliphatic heterocycles. The fourth-order valence-corrected chi connectivity index (χ4v) is 4.68. The van der Waals surface area contributed by atoms with Gasteiger partial charge in [0.25, 0.3) is 0 Å². The van der Waals surface area contributed by atoms with Crippen LogP contribution < -0.4 is 4.74 Å². The standard InChI is InChI=1S/C27H28O4/c1-26(2)23(24(26)25(28)29)18-31-27(19-10-6-4-7-11-19,20-12-8-5-9-13-20)21-14-16-22(30-3)17-15-21/h4-17,23-24H,18H2,1-3H3,(H,28,29). The molecule has 3 aromatic rings. The van der Waals surface area contributed by atoms with E-state index in [0.29, 0.717) is 6.61 Å². The van der Waals surface area contributed by atoms with Crippen LogP contribution in [0.15, 0.2) is 84.9 Å². The van der Waals surface area contributed by atoms with Crippen LogP contribution in [-0.2, 0) is 15.1 Å². The zero-order chi connectivity index (χ0) is 22.1. The summed E-state index contributed by atoms with van der Waals surface area (Å²) in [4.78, 5) is 11.7. The Morgan fingerprint density at radius 3 is 1.77 bits per heavy atom. The maximum absolute atomic E-state index is 11.7. The largest absolute Gasteiger partial charge is 0.497 e. The summed E-state index contributed by atoms with van der Waals surface area (Å²) < 4.78 is 12.2. The highest BCUT2D eigenvalue weighted by atomic mass is 16.5. The van der Waals surface area contributed by atoms with E-state index in [1.54, 1.807) is 7.11 Å². The van der Waals surface area contributed by atoms with Gasteiger partial charge < -0.3 is 14.6 Å². The molecule has 31 heavy (non-hydrogen) atoms. The van der Waals surface area contributed by atoms with E-state index < -0.39 is 17.5 Å². The van der Waals surface area contributed by atoms with Gasteiger partial charge in [-0.2, -0.15) is 0 Å². The summed E-state index contributed by atoms with van der Waals surface area (Å²) in [5.41, 5.74) is 1.81. The molecule has 2 atom stereocenters. The van der Waals surface area contributed by atoms with Crippen molar-refractivity contribution in [2.45, 2.75) is 19.4 Å². The fraction of sp³-hybridized carbons (Fsp3) is 0.296. The minimum absolute atomic E-state index is 0.0463. The molecule has 1 fully saturated rings. The molecule has 0 amide bonds. The molecule has 3 aromatic carbocycles. The Kier molecular flexibility index (Phi) is 5.59. The number of ether oxygens (including phenoxy) is 2. The van der Waals surface area contributed by atoms with Crippen LogP contribution in [0, 0.1) is 17.3 Å². The van der Waals surface area contributed by atoms with Crippen molar-refractivity contribution in [3.05, 3.63) is 102 Å². The molecule has 1 N–H and O–H groups in total. The van der Waals surface area contributed by atoms with E-state index in [1.807, 2.05) is 74.5 Å². The highest BCUT2D eigenvalue weighted by molar-refractivity contribution is 5.75. The molecule has 4 heteroatoms. The summed E-state index contributed by atoms with van der Waals surface area (Å²) in [7, 11) is 1.65. The van der Waals surface area contributed by atoms with Crippen LogP contribution in [0.25, 0.3) is 0 Å². The van der Waals surface area contributed by atoms with E-state index >= 15 is 0 Å². The minimum atomic E-state index is -0.865. The molecule has 1 aliphatic rings. The quantitative estimate of drug-likeness (QED) is 0.502. The lowest BCUT2D eigenvalue weighted by molar-refractivity contribution is -0.139. The van der Waals surface area contributed by atoms with Gasteiger partial charge in [-0.1, -0.05) is 86.6 Å². The Labute approximate surface area is 183 Å². The molecule has 0 heterocycles. The second kappa shape index (κ2) is 8.20. The van der Waals surface area contributed by atoms with Crippen LogP contribution in [-0.4, -0.2) is 24.8 Å². The Morgan fingerprint density at radius 1 is 0.871 bits per heavy atom. The van der Waals surface area contributed by atoms with Crippen molar-refractivity contribution >= 4 is 5.97 Å². The zero-order valence-corrected chi connectivity index (χ0v) is 18.1. The molecule has 0 spiro atoms. The molecular formula is C27H28O4. The van der Waals surface area contributed by atoms with Gasteiger partial charge >= 0.3 is 5.97 Å². The lowest BCUT2D eigenvalue weighted by Gasteiger charge is -2.36. The number of rotatable bonds is 8. The molecular weight excluding hydrogens is 388 g/mol. The summed E-state index contributed by atoms with van der Waals surface area (Å²) in [5, 5.41) is 9.63. The van der Waals surface area contributed by atoms with Gasteiger partial charge in [-0.05, 0) is 34.2 Å². The summed E-state index contributed by atoms with van der Waals surface area (Å²) in [6.45, 7) is 4.35. The van der Waals surface area contributed by atoms with E-state index in [4.69, 9.17) is 9.47 Å². The highest BCUT2D eigenvalue weighted by Crippen LogP contribution is 2.59. The molecule has 4 rings (SSSR count). The average Bonchev–Trinajstić information content (AvgIpc) is 3.36. The van der Waals surface area contributed by atoms with E-state index in [0.717, 1.165) is 22.4 Å². The third kappa shape index (κ3) is 3.72. The van der Waals surface area contributed by atoms with Crippen LogP contribution in [0.3, 0.4) is 0 Å². The van der Waals surface area contributed by atoms with Crippen molar-refractivity contribution in [1.29, 1.82) is 0 Å². The van der Waals surface area contributed by atoms with Crippen molar-refractivity contribution in [3.63, 3.8) is 0 Å². The number of carboxylic acid groups (broad SMARTS) is 1.